The van der Waals surface area contributed by atoms with E-state index in [0.29, 0.717) is 11.9 Å². The Kier molecular flexibility index (Phi) is 3.75. The van der Waals surface area contributed by atoms with Crippen LogP contribution >= 0.6 is 11.3 Å². The molecule has 3 aromatic rings. The zero-order valence-corrected chi connectivity index (χ0v) is 13.2. The number of anilines is 3. The van der Waals surface area contributed by atoms with Crippen LogP contribution in [0.4, 0.5) is 17.5 Å². The number of nitrogens with zero attached hydrogens (tertiary/aromatic N) is 2. The molecule has 0 fully saturated rings. The molecule has 0 bridgehead atoms. The van der Waals surface area contributed by atoms with Gasteiger partial charge in [-0.1, -0.05) is 26.0 Å². The number of hydrogen-bond donors (Lipinski definition) is 2. The summed E-state index contributed by atoms with van der Waals surface area (Å²) in [5.74, 6) is 2.01. The molecule has 0 aliphatic heterocycles. The van der Waals surface area contributed by atoms with Crippen molar-refractivity contribution in [1.82, 2.24) is 9.97 Å². The lowest BCUT2D eigenvalue weighted by Gasteiger charge is -2.10. The molecule has 21 heavy (non-hydrogen) atoms. The third-order valence-electron chi connectivity index (χ3n) is 3.39. The zero-order chi connectivity index (χ0) is 14.8. The Balaban J connectivity index is 1.95. The van der Waals surface area contributed by atoms with Crippen molar-refractivity contribution in [2.75, 3.05) is 17.7 Å². The fraction of sp³-hybridized carbons (Fsp3) is 0.250. The Morgan fingerprint density at radius 3 is 2.48 bits per heavy atom. The molecule has 0 amide bonds. The molecule has 0 radical (unpaired) electrons. The van der Waals surface area contributed by atoms with Gasteiger partial charge in [0.2, 0.25) is 5.95 Å². The molecule has 5 heteroatoms. The number of nitrogens with one attached hydrogen (secondary N) is 2. The first-order chi connectivity index (χ1) is 10.2. The highest BCUT2D eigenvalue weighted by Gasteiger charge is 2.08. The fourth-order valence-corrected chi connectivity index (χ4v) is 2.91. The SMILES string of the molecule is CNc1nc(Nc2ccc(C(C)C)cc2)c2ccsc2n1. The quantitative estimate of drug-likeness (QED) is 0.739. The normalized spacial score (nSPS) is 11.0. The molecule has 2 heterocycles. The Labute approximate surface area is 128 Å². The lowest BCUT2D eigenvalue weighted by Crippen LogP contribution is -2.01. The van der Waals surface area contributed by atoms with E-state index < -0.39 is 0 Å². The number of rotatable bonds is 4. The molecule has 2 N–H and O–H groups in total. The number of thiophene rings is 1. The standard InChI is InChI=1S/C16H18N4S/c1-10(2)11-4-6-12(7-5-11)18-14-13-8-9-21-15(13)20-16(17-3)19-14/h4-10H,1-3H3,(H2,17,18,19,20). The van der Waals surface area contributed by atoms with Crippen molar-refractivity contribution < 1.29 is 0 Å². The first kappa shape index (κ1) is 13.8. The van der Waals surface area contributed by atoms with Crippen molar-refractivity contribution in [3.05, 3.63) is 41.3 Å². The average Bonchev–Trinajstić information content (AvgIpc) is 2.96. The molecule has 4 nitrogen and oxygen atoms in total. The van der Waals surface area contributed by atoms with Crippen LogP contribution in [0, 0.1) is 0 Å². The Hall–Kier alpha value is -2.14. The van der Waals surface area contributed by atoms with Gasteiger partial charge in [-0.3, -0.25) is 0 Å². The summed E-state index contributed by atoms with van der Waals surface area (Å²) < 4.78 is 0. The molecule has 0 unspecified atom stereocenters. The number of aromatic nitrogens is 2. The van der Waals surface area contributed by atoms with Crippen LogP contribution < -0.4 is 10.6 Å². The van der Waals surface area contributed by atoms with Crippen molar-refractivity contribution >= 4 is 39.0 Å². The molecule has 1 aromatic carbocycles. The third-order valence-corrected chi connectivity index (χ3v) is 4.20. The maximum atomic E-state index is 4.52. The highest BCUT2D eigenvalue weighted by atomic mass is 32.1. The molecule has 0 saturated heterocycles. The monoisotopic (exact) mass is 298 g/mol. The van der Waals surface area contributed by atoms with Gasteiger partial charge in [0.1, 0.15) is 10.6 Å². The van der Waals surface area contributed by atoms with Crippen molar-refractivity contribution in [1.29, 1.82) is 0 Å². The van der Waals surface area contributed by atoms with E-state index in [1.807, 2.05) is 18.5 Å². The first-order valence-corrected chi connectivity index (χ1v) is 7.85. The Bertz CT molecular complexity index is 747. The fourth-order valence-electron chi connectivity index (χ4n) is 2.15. The summed E-state index contributed by atoms with van der Waals surface area (Å²) in [7, 11) is 1.83. The summed E-state index contributed by atoms with van der Waals surface area (Å²) in [6.07, 6.45) is 0. The maximum absolute atomic E-state index is 4.52. The van der Waals surface area contributed by atoms with E-state index in [2.05, 4.69) is 58.7 Å². The van der Waals surface area contributed by atoms with Crippen LogP contribution in [-0.4, -0.2) is 17.0 Å². The lowest BCUT2D eigenvalue weighted by molar-refractivity contribution is 0.867. The van der Waals surface area contributed by atoms with E-state index in [0.717, 1.165) is 21.7 Å². The van der Waals surface area contributed by atoms with Crippen LogP contribution in [0.25, 0.3) is 10.2 Å². The average molecular weight is 298 g/mol. The smallest absolute Gasteiger partial charge is 0.225 e. The Morgan fingerprint density at radius 2 is 1.81 bits per heavy atom. The summed E-state index contributed by atoms with van der Waals surface area (Å²) >= 11 is 1.62. The van der Waals surface area contributed by atoms with Crippen LogP contribution in [0.5, 0.6) is 0 Å². The molecule has 2 aromatic heterocycles. The van der Waals surface area contributed by atoms with Gasteiger partial charge in [-0.05, 0) is 35.1 Å². The predicted octanol–water partition coefficient (Wildman–Crippen LogP) is 4.60. The van der Waals surface area contributed by atoms with Gasteiger partial charge in [0.05, 0.1) is 5.39 Å². The number of benzene rings is 1. The van der Waals surface area contributed by atoms with Crippen LogP contribution in [0.15, 0.2) is 35.7 Å². The van der Waals surface area contributed by atoms with E-state index in [4.69, 9.17) is 0 Å². The van der Waals surface area contributed by atoms with Gasteiger partial charge >= 0.3 is 0 Å². The van der Waals surface area contributed by atoms with E-state index >= 15 is 0 Å². The second kappa shape index (κ2) is 5.69. The van der Waals surface area contributed by atoms with Crippen LogP contribution in [-0.2, 0) is 0 Å². The predicted molar refractivity (Wildman–Crippen MR) is 90.8 cm³/mol. The molecule has 0 aliphatic carbocycles. The van der Waals surface area contributed by atoms with Gasteiger partial charge in [0, 0.05) is 12.7 Å². The van der Waals surface area contributed by atoms with Crippen LogP contribution in [0.1, 0.15) is 25.3 Å². The number of fused-ring (bicyclic) bond motifs is 1. The molecular weight excluding hydrogens is 280 g/mol. The zero-order valence-electron chi connectivity index (χ0n) is 12.3. The largest absolute Gasteiger partial charge is 0.357 e. The van der Waals surface area contributed by atoms with Gasteiger partial charge < -0.3 is 10.6 Å². The van der Waals surface area contributed by atoms with Crippen molar-refractivity contribution in [2.24, 2.45) is 0 Å². The molecule has 0 spiro atoms. The summed E-state index contributed by atoms with van der Waals surface area (Å²) in [4.78, 5) is 9.95. The van der Waals surface area contributed by atoms with Gasteiger partial charge in [0.15, 0.2) is 0 Å². The van der Waals surface area contributed by atoms with E-state index in [-0.39, 0.29) is 0 Å². The maximum Gasteiger partial charge on any atom is 0.225 e. The van der Waals surface area contributed by atoms with Gasteiger partial charge in [0.25, 0.3) is 0 Å². The van der Waals surface area contributed by atoms with Gasteiger partial charge in [-0.25, -0.2) is 4.98 Å². The molecule has 108 valence electrons. The highest BCUT2D eigenvalue weighted by molar-refractivity contribution is 7.16. The molecule has 0 aliphatic rings. The van der Waals surface area contributed by atoms with E-state index in [1.54, 1.807) is 11.3 Å². The third kappa shape index (κ3) is 2.83. The summed E-state index contributed by atoms with van der Waals surface area (Å²) in [5.41, 5.74) is 2.37. The topological polar surface area (TPSA) is 49.8 Å². The Morgan fingerprint density at radius 1 is 1.05 bits per heavy atom. The van der Waals surface area contributed by atoms with Crippen LogP contribution in [0.3, 0.4) is 0 Å². The molecular formula is C16H18N4S. The lowest BCUT2D eigenvalue weighted by atomic mass is 10.0. The minimum Gasteiger partial charge on any atom is -0.357 e. The van der Waals surface area contributed by atoms with Crippen molar-refractivity contribution in [3.8, 4) is 0 Å². The van der Waals surface area contributed by atoms with Crippen molar-refractivity contribution in [2.45, 2.75) is 19.8 Å². The van der Waals surface area contributed by atoms with Crippen molar-refractivity contribution in [3.63, 3.8) is 0 Å². The summed E-state index contributed by atoms with van der Waals surface area (Å²) in [5, 5.41) is 9.47. The highest BCUT2D eigenvalue weighted by Crippen LogP contribution is 2.29. The molecule has 3 rings (SSSR count). The van der Waals surface area contributed by atoms with E-state index in [9.17, 15) is 0 Å². The first-order valence-electron chi connectivity index (χ1n) is 6.97. The molecule has 0 saturated carbocycles. The van der Waals surface area contributed by atoms with Crippen LogP contribution in [0.2, 0.25) is 0 Å². The van der Waals surface area contributed by atoms with E-state index in [1.165, 1.54) is 5.56 Å². The summed E-state index contributed by atoms with van der Waals surface area (Å²) in [6.45, 7) is 4.39. The second-order valence-corrected chi connectivity index (χ2v) is 6.08. The molecule has 0 atom stereocenters. The minimum absolute atomic E-state index is 0.539. The minimum atomic E-state index is 0.539. The summed E-state index contributed by atoms with van der Waals surface area (Å²) in [6, 6.07) is 10.5. The van der Waals surface area contributed by atoms with Gasteiger partial charge in [-0.2, -0.15) is 4.98 Å². The number of hydrogen-bond acceptors (Lipinski definition) is 5. The second-order valence-electron chi connectivity index (χ2n) is 5.19. The van der Waals surface area contributed by atoms with Gasteiger partial charge in [-0.15, -0.1) is 11.3 Å².